The topological polar surface area (TPSA) is 64.4 Å². The van der Waals surface area contributed by atoms with E-state index >= 15 is 0 Å². The van der Waals surface area contributed by atoms with Crippen molar-refractivity contribution in [2.75, 3.05) is 7.11 Å². The first-order chi connectivity index (χ1) is 8.70. The van der Waals surface area contributed by atoms with Crippen molar-refractivity contribution >= 4 is 17.5 Å². The third-order valence-corrected chi connectivity index (χ3v) is 3.60. The van der Waals surface area contributed by atoms with Crippen LogP contribution < -0.4 is 5.32 Å². The predicted molar refractivity (Wildman–Crippen MR) is 66.6 cm³/mol. The summed E-state index contributed by atoms with van der Waals surface area (Å²) in [6, 6.07) is 1.61. The first kappa shape index (κ1) is 13.4. The SMILES string of the molecule is COCc1cc(C(=O)NC2CCCCC2Cl)no1. The molecule has 0 aromatic carbocycles. The Morgan fingerprint density at radius 3 is 3.11 bits per heavy atom. The van der Waals surface area contributed by atoms with Crippen LogP contribution in [0.3, 0.4) is 0 Å². The lowest BCUT2D eigenvalue weighted by molar-refractivity contribution is 0.0918. The first-order valence-corrected chi connectivity index (χ1v) is 6.54. The van der Waals surface area contributed by atoms with Crippen molar-refractivity contribution in [2.24, 2.45) is 0 Å². The highest BCUT2D eigenvalue weighted by Crippen LogP contribution is 2.23. The van der Waals surface area contributed by atoms with E-state index in [0.717, 1.165) is 25.7 Å². The Hall–Kier alpha value is -1.07. The zero-order chi connectivity index (χ0) is 13.0. The molecule has 2 atom stereocenters. The average molecular weight is 273 g/mol. The quantitative estimate of drug-likeness (QED) is 0.853. The highest BCUT2D eigenvalue weighted by molar-refractivity contribution is 6.21. The number of aromatic nitrogens is 1. The molecule has 0 aliphatic heterocycles. The summed E-state index contributed by atoms with van der Waals surface area (Å²) in [5.41, 5.74) is 0.275. The number of ether oxygens (including phenoxy) is 1. The normalized spacial score (nSPS) is 23.9. The third-order valence-electron chi connectivity index (χ3n) is 3.08. The van der Waals surface area contributed by atoms with Crippen molar-refractivity contribution < 1.29 is 14.1 Å². The van der Waals surface area contributed by atoms with Crippen LogP contribution >= 0.6 is 11.6 Å². The zero-order valence-electron chi connectivity index (χ0n) is 10.3. The molecule has 1 heterocycles. The fraction of sp³-hybridized carbons (Fsp3) is 0.667. The van der Waals surface area contributed by atoms with Gasteiger partial charge in [-0.15, -0.1) is 11.6 Å². The first-order valence-electron chi connectivity index (χ1n) is 6.10. The Kier molecular flexibility index (Phi) is 4.60. The summed E-state index contributed by atoms with van der Waals surface area (Å²) in [6.07, 6.45) is 4.09. The number of nitrogens with zero attached hydrogens (tertiary/aromatic N) is 1. The van der Waals surface area contributed by atoms with Crippen molar-refractivity contribution in [3.63, 3.8) is 0 Å². The van der Waals surface area contributed by atoms with Crippen molar-refractivity contribution in [3.8, 4) is 0 Å². The molecule has 0 saturated heterocycles. The molecule has 0 bridgehead atoms. The maximum atomic E-state index is 11.9. The van der Waals surface area contributed by atoms with Gasteiger partial charge in [0, 0.05) is 19.2 Å². The van der Waals surface area contributed by atoms with Gasteiger partial charge in [-0.1, -0.05) is 18.0 Å². The van der Waals surface area contributed by atoms with Crippen LogP contribution in [0.4, 0.5) is 0 Å². The number of alkyl halides is 1. The van der Waals surface area contributed by atoms with E-state index in [1.165, 1.54) is 0 Å². The molecule has 2 unspecified atom stereocenters. The van der Waals surface area contributed by atoms with Crippen LogP contribution in [0.2, 0.25) is 0 Å². The van der Waals surface area contributed by atoms with Crippen LogP contribution in [0.25, 0.3) is 0 Å². The Balaban J connectivity index is 1.93. The average Bonchev–Trinajstić information content (AvgIpc) is 2.81. The number of carbonyl (C=O) groups is 1. The Labute approximate surface area is 111 Å². The fourth-order valence-corrected chi connectivity index (χ4v) is 2.46. The number of amides is 1. The molecule has 6 heteroatoms. The molecule has 0 radical (unpaired) electrons. The lowest BCUT2D eigenvalue weighted by Gasteiger charge is -2.27. The van der Waals surface area contributed by atoms with Gasteiger partial charge in [-0.05, 0) is 12.8 Å². The van der Waals surface area contributed by atoms with Gasteiger partial charge in [-0.25, -0.2) is 0 Å². The number of carbonyl (C=O) groups excluding carboxylic acids is 1. The molecule has 5 nitrogen and oxygen atoms in total. The van der Waals surface area contributed by atoms with Crippen LogP contribution in [0, 0.1) is 0 Å². The second-order valence-corrected chi connectivity index (χ2v) is 5.05. The molecule has 2 rings (SSSR count). The molecule has 0 spiro atoms. The Morgan fingerprint density at radius 2 is 2.39 bits per heavy atom. The molecule has 1 amide bonds. The summed E-state index contributed by atoms with van der Waals surface area (Å²) >= 11 is 6.19. The van der Waals surface area contributed by atoms with Gasteiger partial charge in [0.1, 0.15) is 6.61 Å². The maximum absolute atomic E-state index is 11.9. The van der Waals surface area contributed by atoms with Crippen molar-refractivity contribution in [1.82, 2.24) is 10.5 Å². The number of hydrogen-bond donors (Lipinski definition) is 1. The Bertz CT molecular complexity index is 408. The van der Waals surface area contributed by atoms with Gasteiger partial charge in [-0.2, -0.15) is 0 Å². The van der Waals surface area contributed by atoms with Crippen molar-refractivity contribution in [2.45, 2.75) is 43.7 Å². The van der Waals surface area contributed by atoms with Crippen LogP contribution in [-0.2, 0) is 11.3 Å². The van der Waals surface area contributed by atoms with Gasteiger partial charge in [0.2, 0.25) is 0 Å². The van der Waals surface area contributed by atoms with Gasteiger partial charge < -0.3 is 14.6 Å². The van der Waals surface area contributed by atoms with Gasteiger partial charge >= 0.3 is 0 Å². The molecule has 1 aliphatic rings. The fourth-order valence-electron chi connectivity index (χ4n) is 2.12. The summed E-state index contributed by atoms with van der Waals surface area (Å²) in [7, 11) is 1.56. The molecule has 1 aromatic rings. The zero-order valence-corrected chi connectivity index (χ0v) is 11.1. The van der Waals surface area contributed by atoms with E-state index in [0.29, 0.717) is 12.4 Å². The van der Waals surface area contributed by atoms with E-state index in [2.05, 4.69) is 10.5 Å². The molecule has 100 valence electrons. The van der Waals surface area contributed by atoms with Crippen LogP contribution in [0.1, 0.15) is 41.9 Å². The number of hydrogen-bond acceptors (Lipinski definition) is 4. The highest BCUT2D eigenvalue weighted by atomic mass is 35.5. The summed E-state index contributed by atoms with van der Waals surface area (Å²) in [6.45, 7) is 0.307. The summed E-state index contributed by atoms with van der Waals surface area (Å²) < 4.78 is 9.87. The van der Waals surface area contributed by atoms with Crippen LogP contribution in [0.5, 0.6) is 0 Å². The standard InChI is InChI=1S/C12H17ClN2O3/c1-17-7-8-6-11(15-18-8)12(16)14-10-5-3-2-4-9(10)13/h6,9-10H,2-5,7H2,1H3,(H,14,16). The van der Waals surface area contributed by atoms with E-state index in [9.17, 15) is 4.79 Å². The van der Waals surface area contributed by atoms with Gasteiger partial charge in [0.25, 0.3) is 5.91 Å². The minimum atomic E-state index is -0.237. The van der Waals surface area contributed by atoms with Gasteiger partial charge in [0.15, 0.2) is 11.5 Å². The molecule has 18 heavy (non-hydrogen) atoms. The smallest absolute Gasteiger partial charge is 0.273 e. The lowest BCUT2D eigenvalue weighted by Crippen LogP contribution is -2.42. The monoisotopic (exact) mass is 272 g/mol. The van der Waals surface area contributed by atoms with E-state index in [1.54, 1.807) is 13.2 Å². The molecule has 1 fully saturated rings. The molecule has 1 aromatic heterocycles. The van der Waals surface area contributed by atoms with Gasteiger partial charge in [-0.3, -0.25) is 4.79 Å². The number of rotatable bonds is 4. The van der Waals surface area contributed by atoms with E-state index in [4.69, 9.17) is 20.9 Å². The lowest BCUT2D eigenvalue weighted by atomic mass is 9.95. The maximum Gasteiger partial charge on any atom is 0.273 e. The molecular weight excluding hydrogens is 256 g/mol. The van der Waals surface area contributed by atoms with Gasteiger partial charge in [0.05, 0.1) is 5.38 Å². The summed E-state index contributed by atoms with van der Waals surface area (Å²) in [4.78, 5) is 11.9. The minimum absolute atomic E-state index is 0.00745. The number of nitrogens with one attached hydrogen (secondary N) is 1. The molecule has 1 saturated carbocycles. The molecule has 1 aliphatic carbocycles. The van der Waals surface area contributed by atoms with E-state index in [-0.39, 0.29) is 23.0 Å². The van der Waals surface area contributed by atoms with E-state index < -0.39 is 0 Å². The number of halogens is 1. The minimum Gasteiger partial charge on any atom is -0.377 e. The third kappa shape index (κ3) is 3.23. The highest BCUT2D eigenvalue weighted by Gasteiger charge is 2.25. The number of methoxy groups -OCH3 is 1. The van der Waals surface area contributed by atoms with Crippen LogP contribution in [-0.4, -0.2) is 29.6 Å². The predicted octanol–water partition coefficient (Wildman–Crippen LogP) is 2.10. The molecule has 1 N–H and O–H groups in total. The Morgan fingerprint density at radius 1 is 1.61 bits per heavy atom. The van der Waals surface area contributed by atoms with Crippen LogP contribution in [0.15, 0.2) is 10.6 Å². The second-order valence-electron chi connectivity index (χ2n) is 4.49. The summed E-state index contributed by atoms with van der Waals surface area (Å²) in [5.74, 6) is 0.298. The summed E-state index contributed by atoms with van der Waals surface area (Å²) in [5, 5.41) is 6.63. The van der Waals surface area contributed by atoms with Crippen molar-refractivity contribution in [1.29, 1.82) is 0 Å². The molecular formula is C12H17ClN2O3. The second kappa shape index (κ2) is 6.20. The largest absolute Gasteiger partial charge is 0.377 e. The van der Waals surface area contributed by atoms with E-state index in [1.807, 2.05) is 0 Å². The van der Waals surface area contributed by atoms with Crippen molar-refractivity contribution in [3.05, 3.63) is 17.5 Å².